The van der Waals surface area contributed by atoms with Crippen LogP contribution in [0.25, 0.3) is 11.1 Å². The summed E-state index contributed by atoms with van der Waals surface area (Å²) >= 11 is 0. The van der Waals surface area contributed by atoms with Gasteiger partial charge in [0.1, 0.15) is 24.1 Å². The zero-order chi connectivity index (χ0) is 29.6. The fourth-order valence-corrected chi connectivity index (χ4v) is 4.76. The zero-order valence-corrected chi connectivity index (χ0v) is 22.0. The number of carboxylic acids is 1. The number of hydrogen-bond donors (Lipinski definition) is 2. The highest BCUT2D eigenvalue weighted by Gasteiger charge is 2.30. The van der Waals surface area contributed by atoms with Crippen LogP contribution in [0, 0.1) is 10.1 Å². The molecule has 212 valence electrons. The summed E-state index contributed by atoms with van der Waals surface area (Å²) in [5.74, 6) is -1.21. The predicted molar refractivity (Wildman–Crippen MR) is 150 cm³/mol. The van der Waals surface area contributed by atoms with Gasteiger partial charge in [0.05, 0.1) is 4.92 Å². The van der Waals surface area contributed by atoms with E-state index in [4.69, 9.17) is 14.2 Å². The van der Waals surface area contributed by atoms with Crippen molar-refractivity contribution in [2.45, 2.75) is 18.4 Å². The standard InChI is InChI=1S/C31H24N2O9/c34-29(35)28(32-30(36)40-18-27-25-7-3-1-5-23(25)24-6-2-4-8-26(24)27)17-19-9-13-21(14-10-19)41-31(37)42-22-15-11-20(12-16-22)33(38)39/h1-16,27-28H,17-18H2,(H,32,36)(H,34,35)/t28-/m0/s1. The lowest BCUT2D eigenvalue weighted by molar-refractivity contribution is -0.384. The van der Waals surface area contributed by atoms with E-state index in [-0.39, 0.29) is 36.1 Å². The number of aliphatic carboxylic acids is 1. The molecule has 0 aliphatic heterocycles. The van der Waals surface area contributed by atoms with Gasteiger partial charge in [0.2, 0.25) is 0 Å². The van der Waals surface area contributed by atoms with Crippen LogP contribution in [0.5, 0.6) is 11.5 Å². The number of carboxylic acid groups (broad SMARTS) is 1. The molecular formula is C31H24N2O9. The SMILES string of the molecule is O=C(N[C@@H](Cc1ccc(OC(=O)Oc2ccc([N+](=O)[O-])cc2)cc1)C(=O)O)OCC1c2ccccc2-c2ccccc21. The molecule has 0 heterocycles. The lowest BCUT2D eigenvalue weighted by atomic mass is 9.98. The molecule has 11 heteroatoms. The number of hydrogen-bond acceptors (Lipinski definition) is 8. The Morgan fingerprint density at radius 3 is 1.86 bits per heavy atom. The van der Waals surface area contributed by atoms with Crippen molar-refractivity contribution in [3.05, 3.63) is 124 Å². The van der Waals surface area contributed by atoms with Gasteiger partial charge >= 0.3 is 18.2 Å². The third-order valence-corrected chi connectivity index (χ3v) is 6.75. The minimum Gasteiger partial charge on any atom is -0.480 e. The maximum atomic E-state index is 12.6. The van der Waals surface area contributed by atoms with Crippen molar-refractivity contribution in [2.24, 2.45) is 0 Å². The molecule has 42 heavy (non-hydrogen) atoms. The Morgan fingerprint density at radius 1 is 0.810 bits per heavy atom. The van der Waals surface area contributed by atoms with Gasteiger partial charge in [-0.1, -0.05) is 60.7 Å². The van der Waals surface area contributed by atoms with Gasteiger partial charge in [-0.2, -0.15) is 0 Å². The number of carbonyl (C=O) groups is 3. The summed E-state index contributed by atoms with van der Waals surface area (Å²) in [6, 6.07) is 25.4. The van der Waals surface area contributed by atoms with E-state index in [0.717, 1.165) is 22.3 Å². The number of nitrogens with one attached hydrogen (secondary N) is 1. The molecular weight excluding hydrogens is 544 g/mol. The first kappa shape index (κ1) is 27.8. The first-order chi connectivity index (χ1) is 20.3. The van der Waals surface area contributed by atoms with Crippen molar-refractivity contribution in [2.75, 3.05) is 6.61 Å². The Hall–Kier alpha value is -5.71. The van der Waals surface area contributed by atoms with Crippen LogP contribution < -0.4 is 14.8 Å². The van der Waals surface area contributed by atoms with Crippen molar-refractivity contribution < 1.29 is 38.6 Å². The molecule has 4 aromatic rings. The molecule has 1 aliphatic carbocycles. The number of amides is 1. The lowest BCUT2D eigenvalue weighted by Crippen LogP contribution is -2.42. The summed E-state index contributed by atoms with van der Waals surface area (Å²) in [4.78, 5) is 46.7. The number of non-ortho nitro benzene ring substituents is 1. The monoisotopic (exact) mass is 568 g/mol. The van der Waals surface area contributed by atoms with Crippen molar-refractivity contribution in [3.8, 4) is 22.6 Å². The van der Waals surface area contributed by atoms with Gasteiger partial charge in [0.25, 0.3) is 5.69 Å². The molecule has 1 atom stereocenters. The predicted octanol–water partition coefficient (Wildman–Crippen LogP) is 5.71. The molecule has 0 bridgehead atoms. The highest BCUT2D eigenvalue weighted by Crippen LogP contribution is 2.44. The van der Waals surface area contributed by atoms with Gasteiger partial charge in [0.15, 0.2) is 0 Å². The average molecular weight is 569 g/mol. The summed E-state index contributed by atoms with van der Waals surface area (Å²) in [7, 11) is 0. The van der Waals surface area contributed by atoms with Crippen LogP contribution in [-0.2, 0) is 16.0 Å². The van der Waals surface area contributed by atoms with Gasteiger partial charge in [-0.25, -0.2) is 14.4 Å². The van der Waals surface area contributed by atoms with Crippen LogP contribution in [-0.4, -0.2) is 40.9 Å². The van der Waals surface area contributed by atoms with Crippen LogP contribution in [0.15, 0.2) is 97.1 Å². The molecule has 0 spiro atoms. The number of carbonyl (C=O) groups excluding carboxylic acids is 2. The van der Waals surface area contributed by atoms with Crippen LogP contribution in [0.1, 0.15) is 22.6 Å². The number of alkyl carbamates (subject to hydrolysis) is 1. The summed E-state index contributed by atoms with van der Waals surface area (Å²) in [5.41, 5.74) is 4.65. The highest BCUT2D eigenvalue weighted by molar-refractivity contribution is 5.81. The molecule has 1 aliphatic rings. The Morgan fingerprint density at radius 2 is 1.33 bits per heavy atom. The Bertz CT molecular complexity index is 1590. The largest absolute Gasteiger partial charge is 0.519 e. The summed E-state index contributed by atoms with van der Waals surface area (Å²) in [6.45, 7) is 0.0498. The molecule has 1 amide bonds. The number of benzene rings is 4. The zero-order valence-electron chi connectivity index (χ0n) is 22.0. The fourth-order valence-electron chi connectivity index (χ4n) is 4.76. The van der Waals surface area contributed by atoms with E-state index >= 15 is 0 Å². The smallest absolute Gasteiger partial charge is 0.480 e. The minimum absolute atomic E-state index is 0.0486. The molecule has 2 N–H and O–H groups in total. The molecule has 0 aromatic heterocycles. The van der Waals surface area contributed by atoms with E-state index in [9.17, 15) is 29.6 Å². The molecule has 0 radical (unpaired) electrons. The Labute approximate surface area is 239 Å². The number of nitrogens with zero attached hydrogens (tertiary/aromatic N) is 1. The number of ether oxygens (including phenoxy) is 3. The number of rotatable bonds is 9. The molecule has 11 nitrogen and oxygen atoms in total. The van der Waals surface area contributed by atoms with Crippen molar-refractivity contribution in [3.63, 3.8) is 0 Å². The Balaban J connectivity index is 1.14. The molecule has 0 saturated heterocycles. The van der Waals surface area contributed by atoms with Crippen molar-refractivity contribution in [1.82, 2.24) is 5.32 Å². The molecule has 0 saturated carbocycles. The lowest BCUT2D eigenvalue weighted by Gasteiger charge is -2.17. The highest BCUT2D eigenvalue weighted by atomic mass is 16.7. The minimum atomic E-state index is -1.26. The summed E-state index contributed by atoms with van der Waals surface area (Å²) in [6.07, 6.45) is -1.96. The first-order valence-corrected chi connectivity index (χ1v) is 12.9. The third kappa shape index (κ3) is 6.36. The molecule has 0 unspecified atom stereocenters. The van der Waals surface area contributed by atoms with Gasteiger partial charge in [-0.3, -0.25) is 10.1 Å². The topological polar surface area (TPSA) is 154 Å². The van der Waals surface area contributed by atoms with E-state index in [1.165, 1.54) is 36.4 Å². The van der Waals surface area contributed by atoms with E-state index < -0.39 is 29.2 Å². The second kappa shape index (κ2) is 12.2. The average Bonchev–Trinajstić information content (AvgIpc) is 3.30. The van der Waals surface area contributed by atoms with Crippen LogP contribution in [0.3, 0.4) is 0 Å². The van der Waals surface area contributed by atoms with Gasteiger partial charge in [0, 0.05) is 24.5 Å². The summed E-state index contributed by atoms with van der Waals surface area (Å²) < 4.78 is 15.6. The molecule has 5 rings (SSSR count). The van der Waals surface area contributed by atoms with E-state index in [1.54, 1.807) is 12.1 Å². The number of nitro groups is 1. The number of nitro benzene ring substituents is 1. The maximum Gasteiger partial charge on any atom is 0.519 e. The number of fused-ring (bicyclic) bond motifs is 3. The fraction of sp³-hybridized carbons (Fsp3) is 0.129. The second-order valence-electron chi connectivity index (χ2n) is 9.41. The van der Waals surface area contributed by atoms with Crippen LogP contribution in [0.4, 0.5) is 15.3 Å². The quantitative estimate of drug-likeness (QED) is 0.112. The first-order valence-electron chi connectivity index (χ1n) is 12.9. The van der Waals surface area contributed by atoms with E-state index in [0.29, 0.717) is 5.56 Å². The van der Waals surface area contributed by atoms with Gasteiger partial charge in [-0.05, 0) is 52.1 Å². The van der Waals surface area contributed by atoms with Crippen molar-refractivity contribution >= 4 is 23.9 Å². The summed E-state index contributed by atoms with van der Waals surface area (Å²) in [5, 5.41) is 22.8. The van der Waals surface area contributed by atoms with Crippen LogP contribution >= 0.6 is 0 Å². The maximum absolute atomic E-state index is 12.6. The van der Waals surface area contributed by atoms with E-state index in [1.807, 2.05) is 48.5 Å². The molecule has 0 fully saturated rings. The van der Waals surface area contributed by atoms with Gasteiger partial charge < -0.3 is 24.6 Å². The van der Waals surface area contributed by atoms with Gasteiger partial charge in [-0.15, -0.1) is 0 Å². The normalized spacial score (nSPS) is 12.4. The van der Waals surface area contributed by atoms with Crippen molar-refractivity contribution in [1.29, 1.82) is 0 Å². The van der Waals surface area contributed by atoms with Crippen LogP contribution in [0.2, 0.25) is 0 Å². The van der Waals surface area contributed by atoms with E-state index in [2.05, 4.69) is 5.32 Å². The molecule has 4 aromatic carbocycles. The third-order valence-electron chi connectivity index (χ3n) is 6.75. The Kier molecular flexibility index (Phi) is 8.10. The second-order valence-corrected chi connectivity index (χ2v) is 9.41.